The maximum Gasteiger partial charge on any atom is 0.355 e. The van der Waals surface area contributed by atoms with Crippen molar-refractivity contribution in [1.82, 2.24) is 19.4 Å². The molecule has 2 atom stereocenters. The number of thioether (sulfide) groups is 1. The molecule has 0 radical (unpaired) electrons. The van der Waals surface area contributed by atoms with Gasteiger partial charge in [-0.3, -0.25) is 9.79 Å². The van der Waals surface area contributed by atoms with Crippen LogP contribution < -0.4 is 10.6 Å². The Morgan fingerprint density at radius 3 is 2.60 bits per heavy atom. The van der Waals surface area contributed by atoms with E-state index in [-0.39, 0.29) is 46.5 Å². The lowest BCUT2D eigenvalue weighted by Gasteiger charge is -2.40. The standard InChI is InChI=1S/C31H34F2N6O2S/c1-7-24(40)37-13-14-38(19(5)16-37)29-20-15-22(33)27(25-21(32)9-8-10-23(25)42-6)35-30(20)39(31(41)36-29)28-18(4)11-12-34-26(28)17(2)3/h7-10,12,15,17-19H,1,11,13-14,16H2,2-6H3/t18?,19-/m0/s1. The third kappa shape index (κ3) is 5.14. The zero-order valence-corrected chi connectivity index (χ0v) is 25.2. The number of nitrogens with zero attached hydrogens (tertiary/aromatic N) is 6. The van der Waals surface area contributed by atoms with Gasteiger partial charge in [-0.25, -0.2) is 23.1 Å². The minimum Gasteiger partial charge on any atom is -0.350 e. The molecule has 220 valence electrons. The number of piperazine rings is 1. The number of aliphatic imine (C=N–C) groups is 1. The number of hydrogen-bond acceptors (Lipinski definition) is 7. The first-order valence-corrected chi connectivity index (χ1v) is 15.2. The molecule has 8 nitrogen and oxygen atoms in total. The van der Waals surface area contributed by atoms with Gasteiger partial charge in [-0.1, -0.05) is 33.4 Å². The van der Waals surface area contributed by atoms with Crippen molar-refractivity contribution in [2.24, 2.45) is 16.8 Å². The highest BCUT2D eigenvalue weighted by atomic mass is 32.2. The first-order chi connectivity index (χ1) is 20.1. The molecule has 2 aliphatic rings. The van der Waals surface area contributed by atoms with Gasteiger partial charge in [0.15, 0.2) is 11.5 Å². The van der Waals surface area contributed by atoms with E-state index in [9.17, 15) is 9.59 Å². The van der Waals surface area contributed by atoms with Crippen LogP contribution in [0, 0.1) is 23.5 Å². The van der Waals surface area contributed by atoms with Gasteiger partial charge < -0.3 is 9.80 Å². The summed E-state index contributed by atoms with van der Waals surface area (Å²) in [5.74, 6) is -1.33. The summed E-state index contributed by atoms with van der Waals surface area (Å²) in [4.78, 5) is 44.2. The maximum absolute atomic E-state index is 16.0. The van der Waals surface area contributed by atoms with Crippen LogP contribution in [0.15, 0.2) is 57.3 Å². The van der Waals surface area contributed by atoms with E-state index >= 15 is 8.78 Å². The van der Waals surface area contributed by atoms with Gasteiger partial charge in [0, 0.05) is 42.7 Å². The molecule has 1 saturated heterocycles. The number of aromatic nitrogens is 3. The molecule has 0 saturated carbocycles. The number of pyridine rings is 1. The van der Waals surface area contributed by atoms with Gasteiger partial charge in [-0.2, -0.15) is 4.98 Å². The number of benzene rings is 1. The summed E-state index contributed by atoms with van der Waals surface area (Å²) in [5.41, 5.74) is 0.850. The second-order valence-corrected chi connectivity index (χ2v) is 11.8. The predicted molar refractivity (Wildman–Crippen MR) is 165 cm³/mol. The molecule has 2 aliphatic heterocycles. The SMILES string of the molecule is C=CC(=O)N1CCN(c2nc(=O)n(C3=C(C(C)C)N=CCC3C)c3nc(-c4c(F)cccc4SC)c(F)cc23)[C@@H](C)C1. The smallest absolute Gasteiger partial charge is 0.350 e. The first kappa shape index (κ1) is 29.6. The number of halogens is 2. The third-order valence-corrected chi connectivity index (χ3v) is 8.61. The molecule has 3 aromatic rings. The van der Waals surface area contributed by atoms with Crippen molar-refractivity contribution in [3.05, 3.63) is 64.7 Å². The number of rotatable bonds is 6. The quantitative estimate of drug-likeness (QED) is 0.273. The number of amides is 1. The zero-order chi connectivity index (χ0) is 30.3. The van der Waals surface area contributed by atoms with E-state index < -0.39 is 17.3 Å². The summed E-state index contributed by atoms with van der Waals surface area (Å²) < 4.78 is 32.7. The fourth-order valence-electron chi connectivity index (χ4n) is 5.74. The number of anilines is 1. The van der Waals surface area contributed by atoms with E-state index in [1.807, 2.05) is 38.8 Å². The molecule has 11 heteroatoms. The van der Waals surface area contributed by atoms with Crippen molar-refractivity contribution < 1.29 is 13.6 Å². The monoisotopic (exact) mass is 592 g/mol. The van der Waals surface area contributed by atoms with Crippen LogP contribution in [0.25, 0.3) is 28.0 Å². The van der Waals surface area contributed by atoms with Crippen LogP contribution in [-0.2, 0) is 4.79 Å². The van der Waals surface area contributed by atoms with Crippen molar-refractivity contribution >= 4 is 46.4 Å². The third-order valence-electron chi connectivity index (χ3n) is 7.83. The molecule has 0 spiro atoms. The Labute approximate surface area is 247 Å². The van der Waals surface area contributed by atoms with Gasteiger partial charge in [0.25, 0.3) is 0 Å². The molecule has 5 rings (SSSR count). The summed E-state index contributed by atoms with van der Waals surface area (Å²) >= 11 is 1.29. The van der Waals surface area contributed by atoms with Crippen LogP contribution in [0.4, 0.5) is 14.6 Å². The van der Waals surface area contributed by atoms with E-state index in [0.717, 1.165) is 5.70 Å². The highest BCUT2D eigenvalue weighted by Crippen LogP contribution is 2.38. The number of hydrogen-bond donors (Lipinski definition) is 0. The Morgan fingerprint density at radius 2 is 1.93 bits per heavy atom. The Kier molecular flexibility index (Phi) is 8.32. The molecule has 1 unspecified atom stereocenters. The van der Waals surface area contributed by atoms with Crippen LogP contribution in [0.1, 0.15) is 34.1 Å². The van der Waals surface area contributed by atoms with E-state index in [4.69, 9.17) is 4.98 Å². The molecule has 42 heavy (non-hydrogen) atoms. The minimum absolute atomic E-state index is 0.00861. The Bertz CT molecular complexity index is 1700. The van der Waals surface area contributed by atoms with Gasteiger partial charge in [-0.05, 0) is 49.8 Å². The average molecular weight is 593 g/mol. The van der Waals surface area contributed by atoms with Crippen LogP contribution in [0.3, 0.4) is 0 Å². The normalized spacial score (nSPS) is 19.2. The Balaban J connectivity index is 1.83. The van der Waals surface area contributed by atoms with Crippen LogP contribution in [-0.4, -0.2) is 63.5 Å². The first-order valence-electron chi connectivity index (χ1n) is 14.0. The molecular formula is C31H34F2N6O2S. The molecule has 1 aromatic carbocycles. The van der Waals surface area contributed by atoms with Crippen LogP contribution >= 0.6 is 11.8 Å². The molecule has 0 aliphatic carbocycles. The molecule has 1 fully saturated rings. The summed E-state index contributed by atoms with van der Waals surface area (Å²) in [6.45, 7) is 12.6. The van der Waals surface area contributed by atoms with Crippen LogP contribution in [0.2, 0.25) is 0 Å². The Hall–Kier alpha value is -3.86. The summed E-state index contributed by atoms with van der Waals surface area (Å²) in [6.07, 6.45) is 5.51. The number of carbonyl (C=O) groups is 1. The van der Waals surface area contributed by atoms with Crippen molar-refractivity contribution in [2.75, 3.05) is 30.8 Å². The van der Waals surface area contributed by atoms with Gasteiger partial charge in [0.1, 0.15) is 17.3 Å². The second-order valence-electron chi connectivity index (χ2n) is 11.0. The predicted octanol–water partition coefficient (Wildman–Crippen LogP) is 5.62. The van der Waals surface area contributed by atoms with Crippen molar-refractivity contribution in [2.45, 2.75) is 45.1 Å². The molecule has 4 heterocycles. The lowest BCUT2D eigenvalue weighted by Crippen LogP contribution is -2.54. The summed E-state index contributed by atoms with van der Waals surface area (Å²) in [7, 11) is 0. The van der Waals surface area contributed by atoms with E-state index in [0.29, 0.717) is 42.0 Å². The molecule has 0 N–H and O–H groups in total. The van der Waals surface area contributed by atoms with Gasteiger partial charge in [0.05, 0.1) is 22.3 Å². The van der Waals surface area contributed by atoms with E-state index in [2.05, 4.69) is 16.6 Å². The molecule has 2 aromatic heterocycles. The number of allylic oxidation sites excluding steroid dienone is 2. The fourth-order valence-corrected chi connectivity index (χ4v) is 6.35. The van der Waals surface area contributed by atoms with Crippen LogP contribution in [0.5, 0.6) is 0 Å². The largest absolute Gasteiger partial charge is 0.355 e. The highest BCUT2D eigenvalue weighted by Gasteiger charge is 2.32. The van der Waals surface area contributed by atoms with E-state index in [1.165, 1.54) is 34.5 Å². The maximum atomic E-state index is 16.0. The van der Waals surface area contributed by atoms with Gasteiger partial charge >= 0.3 is 5.69 Å². The average Bonchev–Trinajstić information content (AvgIpc) is 2.96. The van der Waals surface area contributed by atoms with Crippen molar-refractivity contribution in [1.29, 1.82) is 0 Å². The summed E-state index contributed by atoms with van der Waals surface area (Å²) in [5, 5.41) is 0.325. The van der Waals surface area contributed by atoms with Crippen molar-refractivity contribution in [3.63, 3.8) is 0 Å². The lowest BCUT2D eigenvalue weighted by molar-refractivity contribution is -0.126. The highest BCUT2D eigenvalue weighted by molar-refractivity contribution is 7.98. The van der Waals surface area contributed by atoms with Crippen molar-refractivity contribution in [3.8, 4) is 11.3 Å². The fraction of sp³-hybridized carbons (Fsp3) is 0.387. The zero-order valence-electron chi connectivity index (χ0n) is 24.4. The summed E-state index contributed by atoms with van der Waals surface area (Å²) in [6, 6.07) is 5.62. The van der Waals surface area contributed by atoms with E-state index in [1.54, 1.807) is 23.3 Å². The molecule has 0 bridgehead atoms. The Morgan fingerprint density at radius 1 is 1.17 bits per heavy atom. The number of carbonyl (C=O) groups excluding carboxylic acids is 1. The topological polar surface area (TPSA) is 83.7 Å². The van der Waals surface area contributed by atoms with Gasteiger partial charge in [-0.15, -0.1) is 11.8 Å². The second kappa shape index (κ2) is 11.8. The number of fused-ring (bicyclic) bond motifs is 1. The lowest BCUT2D eigenvalue weighted by atomic mass is 9.95. The molecular weight excluding hydrogens is 558 g/mol. The minimum atomic E-state index is -0.725. The van der Waals surface area contributed by atoms with Gasteiger partial charge in [0.2, 0.25) is 5.91 Å². The molecule has 1 amide bonds.